The van der Waals surface area contributed by atoms with Crippen LogP contribution in [-0.4, -0.2) is 32.3 Å². The van der Waals surface area contributed by atoms with E-state index in [2.05, 4.69) is 49.6 Å². The van der Waals surface area contributed by atoms with Gasteiger partial charge in [0.05, 0.1) is 17.9 Å². The molecule has 0 spiro atoms. The van der Waals surface area contributed by atoms with Gasteiger partial charge in [-0.2, -0.15) is 5.10 Å². The standard InChI is InChI=1S/C20H30N4O2/c1-14(2)19-16(21-13-26-19)12-23-10-6-7-15(23)11-24-18(25)9-8-17(22-24)20(3,4)5/h8-9,13-15H,6-7,10-12H2,1-5H3. The number of aromatic nitrogens is 3. The van der Waals surface area contributed by atoms with Crippen molar-refractivity contribution in [3.05, 3.63) is 46.0 Å². The Labute approximate surface area is 155 Å². The van der Waals surface area contributed by atoms with E-state index >= 15 is 0 Å². The van der Waals surface area contributed by atoms with Crippen molar-refractivity contribution in [2.75, 3.05) is 6.54 Å². The number of hydrogen-bond acceptors (Lipinski definition) is 5. The second-order valence-corrected chi connectivity index (χ2v) is 8.57. The van der Waals surface area contributed by atoms with Gasteiger partial charge in [-0.1, -0.05) is 34.6 Å². The molecule has 0 aromatic carbocycles. The molecule has 1 atom stereocenters. The number of hydrogen-bond donors (Lipinski definition) is 0. The third kappa shape index (κ3) is 4.06. The van der Waals surface area contributed by atoms with Crippen molar-refractivity contribution in [2.24, 2.45) is 0 Å². The third-order valence-corrected chi connectivity index (χ3v) is 5.07. The van der Waals surface area contributed by atoms with Crippen LogP contribution in [0.4, 0.5) is 0 Å². The maximum absolute atomic E-state index is 12.3. The lowest BCUT2D eigenvalue weighted by atomic mass is 9.92. The summed E-state index contributed by atoms with van der Waals surface area (Å²) in [5, 5.41) is 4.63. The number of nitrogens with zero attached hydrogens (tertiary/aromatic N) is 4. The minimum absolute atomic E-state index is 0.0332. The molecule has 0 N–H and O–H groups in total. The average molecular weight is 358 g/mol. The largest absolute Gasteiger partial charge is 0.448 e. The molecule has 3 heterocycles. The fraction of sp³-hybridized carbons (Fsp3) is 0.650. The van der Waals surface area contributed by atoms with Crippen LogP contribution in [0.3, 0.4) is 0 Å². The monoisotopic (exact) mass is 358 g/mol. The molecule has 142 valence electrons. The van der Waals surface area contributed by atoms with Gasteiger partial charge in [-0.05, 0) is 25.5 Å². The van der Waals surface area contributed by atoms with Crippen molar-refractivity contribution >= 4 is 0 Å². The van der Waals surface area contributed by atoms with Crippen molar-refractivity contribution in [1.82, 2.24) is 19.7 Å². The Hall–Kier alpha value is -1.95. The molecule has 1 fully saturated rings. The summed E-state index contributed by atoms with van der Waals surface area (Å²) in [6.45, 7) is 13.0. The molecule has 0 saturated carbocycles. The van der Waals surface area contributed by atoms with Gasteiger partial charge >= 0.3 is 0 Å². The lowest BCUT2D eigenvalue weighted by Crippen LogP contribution is -2.37. The molecule has 3 rings (SSSR count). The van der Waals surface area contributed by atoms with Gasteiger partial charge in [0.1, 0.15) is 5.76 Å². The molecule has 0 bridgehead atoms. The summed E-state index contributed by atoms with van der Waals surface area (Å²) in [5.41, 5.74) is 1.85. The summed E-state index contributed by atoms with van der Waals surface area (Å²) in [4.78, 5) is 19.1. The van der Waals surface area contributed by atoms with Gasteiger partial charge < -0.3 is 4.42 Å². The van der Waals surface area contributed by atoms with E-state index in [0.29, 0.717) is 18.5 Å². The van der Waals surface area contributed by atoms with E-state index in [1.54, 1.807) is 10.7 Å². The van der Waals surface area contributed by atoms with Crippen molar-refractivity contribution in [3.63, 3.8) is 0 Å². The highest BCUT2D eigenvalue weighted by atomic mass is 16.3. The highest BCUT2D eigenvalue weighted by molar-refractivity contribution is 5.12. The van der Waals surface area contributed by atoms with E-state index in [0.717, 1.165) is 43.1 Å². The first-order chi connectivity index (χ1) is 12.3. The molecular formula is C20H30N4O2. The third-order valence-electron chi connectivity index (χ3n) is 5.07. The van der Waals surface area contributed by atoms with Crippen LogP contribution in [0.25, 0.3) is 0 Å². The first-order valence-electron chi connectivity index (χ1n) is 9.50. The maximum Gasteiger partial charge on any atom is 0.266 e. The Morgan fingerprint density at radius 3 is 2.77 bits per heavy atom. The van der Waals surface area contributed by atoms with E-state index in [4.69, 9.17) is 4.42 Å². The molecule has 1 aliphatic rings. The molecular weight excluding hydrogens is 328 g/mol. The molecule has 26 heavy (non-hydrogen) atoms. The zero-order valence-electron chi connectivity index (χ0n) is 16.5. The topological polar surface area (TPSA) is 64.2 Å². The molecule has 1 unspecified atom stereocenters. The van der Waals surface area contributed by atoms with Crippen LogP contribution < -0.4 is 5.56 Å². The minimum atomic E-state index is -0.0717. The summed E-state index contributed by atoms with van der Waals surface area (Å²) < 4.78 is 7.19. The van der Waals surface area contributed by atoms with Crippen LogP contribution in [0.5, 0.6) is 0 Å². The normalized spacial score (nSPS) is 18.8. The van der Waals surface area contributed by atoms with Gasteiger partial charge in [0, 0.05) is 30.0 Å². The average Bonchev–Trinajstić information content (AvgIpc) is 3.18. The Kier molecular flexibility index (Phi) is 5.32. The van der Waals surface area contributed by atoms with Gasteiger partial charge in [0.15, 0.2) is 6.39 Å². The Morgan fingerprint density at radius 1 is 1.31 bits per heavy atom. The summed E-state index contributed by atoms with van der Waals surface area (Å²) in [6, 6.07) is 3.78. The first-order valence-corrected chi connectivity index (χ1v) is 9.50. The van der Waals surface area contributed by atoms with E-state index in [9.17, 15) is 4.79 Å². The SMILES string of the molecule is CC(C)c1ocnc1CN1CCCC1Cn1nc(C(C)(C)C)ccc1=O. The van der Waals surface area contributed by atoms with Crippen molar-refractivity contribution in [1.29, 1.82) is 0 Å². The predicted octanol–water partition coefficient (Wildman–Crippen LogP) is 3.32. The highest BCUT2D eigenvalue weighted by Crippen LogP contribution is 2.25. The van der Waals surface area contributed by atoms with E-state index in [1.807, 2.05) is 6.07 Å². The van der Waals surface area contributed by atoms with Gasteiger partial charge in [0.2, 0.25) is 0 Å². The summed E-state index contributed by atoms with van der Waals surface area (Å²) in [7, 11) is 0. The Morgan fingerprint density at radius 2 is 2.08 bits per heavy atom. The van der Waals surface area contributed by atoms with Crippen molar-refractivity contribution in [2.45, 2.75) is 77.9 Å². The predicted molar refractivity (Wildman–Crippen MR) is 101 cm³/mol. The van der Waals surface area contributed by atoms with Crippen LogP contribution >= 0.6 is 0 Å². The van der Waals surface area contributed by atoms with E-state index < -0.39 is 0 Å². The Balaban J connectivity index is 1.77. The molecule has 0 aliphatic carbocycles. The van der Waals surface area contributed by atoms with Gasteiger partial charge in [0.25, 0.3) is 5.56 Å². The summed E-state index contributed by atoms with van der Waals surface area (Å²) in [5.74, 6) is 1.28. The van der Waals surface area contributed by atoms with Gasteiger partial charge in [-0.25, -0.2) is 9.67 Å². The van der Waals surface area contributed by atoms with E-state index in [1.165, 1.54) is 6.39 Å². The van der Waals surface area contributed by atoms with Gasteiger partial charge in [-0.15, -0.1) is 0 Å². The van der Waals surface area contributed by atoms with E-state index in [-0.39, 0.29) is 11.0 Å². The van der Waals surface area contributed by atoms with Crippen molar-refractivity contribution < 1.29 is 4.42 Å². The highest BCUT2D eigenvalue weighted by Gasteiger charge is 2.28. The fourth-order valence-corrected chi connectivity index (χ4v) is 3.55. The fourth-order valence-electron chi connectivity index (χ4n) is 3.55. The molecule has 1 aliphatic heterocycles. The van der Waals surface area contributed by atoms with Crippen LogP contribution in [-0.2, 0) is 18.5 Å². The molecule has 0 radical (unpaired) electrons. The smallest absolute Gasteiger partial charge is 0.266 e. The summed E-state index contributed by atoms with van der Waals surface area (Å²) in [6.07, 6.45) is 3.74. The number of rotatable bonds is 5. The second kappa shape index (κ2) is 7.35. The molecule has 6 heteroatoms. The molecule has 2 aromatic heterocycles. The zero-order valence-corrected chi connectivity index (χ0v) is 16.5. The Bertz CT molecular complexity index is 801. The molecule has 0 amide bonds. The quantitative estimate of drug-likeness (QED) is 0.820. The lowest BCUT2D eigenvalue weighted by Gasteiger charge is -2.25. The minimum Gasteiger partial charge on any atom is -0.448 e. The number of oxazole rings is 1. The van der Waals surface area contributed by atoms with Crippen LogP contribution in [0, 0.1) is 0 Å². The first kappa shape index (κ1) is 18.8. The molecule has 6 nitrogen and oxygen atoms in total. The molecule has 2 aromatic rings. The van der Waals surface area contributed by atoms with Crippen molar-refractivity contribution in [3.8, 4) is 0 Å². The van der Waals surface area contributed by atoms with Crippen LogP contribution in [0.2, 0.25) is 0 Å². The zero-order chi connectivity index (χ0) is 18.9. The number of likely N-dealkylation sites (tertiary alicyclic amines) is 1. The second-order valence-electron chi connectivity index (χ2n) is 8.57. The summed E-state index contributed by atoms with van der Waals surface area (Å²) >= 11 is 0. The van der Waals surface area contributed by atoms with Gasteiger partial charge in [-0.3, -0.25) is 9.69 Å². The molecule has 1 saturated heterocycles. The maximum atomic E-state index is 12.3. The lowest BCUT2D eigenvalue weighted by molar-refractivity contribution is 0.212. The van der Waals surface area contributed by atoms with Crippen LogP contribution in [0.15, 0.2) is 27.7 Å². The van der Waals surface area contributed by atoms with Crippen LogP contribution in [0.1, 0.15) is 70.5 Å².